The molecule has 3 aromatic carbocycles. The minimum atomic E-state index is -3.57. The molecule has 13 nitrogen and oxygen atoms in total. The van der Waals surface area contributed by atoms with Crippen LogP contribution in [-0.2, 0) is 30.8 Å². The summed E-state index contributed by atoms with van der Waals surface area (Å²) in [6.07, 6.45) is 4.25. The Morgan fingerprint density at radius 3 is 2.28 bits per heavy atom. The highest BCUT2D eigenvalue weighted by Gasteiger charge is 2.31. The van der Waals surface area contributed by atoms with Gasteiger partial charge in [0.15, 0.2) is 0 Å². The van der Waals surface area contributed by atoms with Gasteiger partial charge in [-0.2, -0.15) is 0 Å². The second kappa shape index (κ2) is 15.6. The fourth-order valence-corrected chi connectivity index (χ4v) is 8.08. The van der Waals surface area contributed by atoms with Gasteiger partial charge in [-0.15, -0.1) is 0 Å². The number of ether oxygens (including phenoxy) is 1. The van der Waals surface area contributed by atoms with Crippen molar-refractivity contribution in [1.29, 1.82) is 0 Å². The van der Waals surface area contributed by atoms with Crippen molar-refractivity contribution < 1.29 is 27.5 Å². The summed E-state index contributed by atoms with van der Waals surface area (Å²) in [4.78, 5) is 51.7. The fraction of sp³-hybridized carbons (Fsp3) is 0.436. The van der Waals surface area contributed by atoms with Crippen LogP contribution in [-0.4, -0.2) is 60.8 Å². The van der Waals surface area contributed by atoms with E-state index in [4.69, 9.17) is 4.74 Å². The molecule has 14 heteroatoms. The van der Waals surface area contributed by atoms with E-state index in [0.29, 0.717) is 36.0 Å². The Kier molecular flexibility index (Phi) is 11.1. The van der Waals surface area contributed by atoms with Gasteiger partial charge in [0, 0.05) is 30.6 Å². The average molecular weight is 745 g/mol. The van der Waals surface area contributed by atoms with Crippen molar-refractivity contribution in [2.45, 2.75) is 95.2 Å². The number of alkyl carbamates (subject to hydrolysis) is 1. The second-order valence-electron chi connectivity index (χ2n) is 15.3. The van der Waals surface area contributed by atoms with E-state index in [-0.39, 0.29) is 40.7 Å². The van der Waals surface area contributed by atoms with Crippen molar-refractivity contribution in [3.8, 4) is 11.1 Å². The maximum Gasteiger partial charge on any atom is 0.407 e. The first-order valence-corrected chi connectivity index (χ1v) is 19.6. The van der Waals surface area contributed by atoms with Gasteiger partial charge >= 0.3 is 6.09 Å². The predicted molar refractivity (Wildman–Crippen MR) is 203 cm³/mol. The zero-order valence-electron chi connectivity index (χ0n) is 30.5. The molecule has 2 aliphatic rings. The Morgan fingerprint density at radius 1 is 0.906 bits per heavy atom. The van der Waals surface area contributed by atoms with E-state index in [1.165, 1.54) is 0 Å². The van der Waals surface area contributed by atoms with Crippen LogP contribution in [0.15, 0.2) is 70.4 Å². The Hall–Kier alpha value is -4.95. The standard InChI is InChI=1S/C39H48N6O7S/c1-23-19-30(53(50,51)45-28-13-14-28)16-18-31(23)26-9-5-24(6-10-26)20-34(37(48)41-29-15-17-32-33(21-29)43-44-36(32)47)42-35(46)27-11-7-25(8-12-27)22-40-38(49)52-39(2,3)4/h5-6,9-10,15-19,21,25,27-28,34,45H,7-8,11-14,20,22H2,1-4H3,(H,40,49)(H,41,48)(H,42,46)(H2,43,44,47). The molecular weight excluding hydrogens is 697 g/mol. The Morgan fingerprint density at radius 2 is 1.62 bits per heavy atom. The van der Waals surface area contributed by atoms with Gasteiger partial charge in [0.1, 0.15) is 11.6 Å². The normalized spacial score (nSPS) is 18.3. The van der Waals surface area contributed by atoms with Crippen LogP contribution in [0.5, 0.6) is 0 Å². The summed E-state index contributed by atoms with van der Waals surface area (Å²) in [6, 6.07) is 16.8. The number of benzene rings is 3. The lowest BCUT2D eigenvalue weighted by Gasteiger charge is -2.29. The van der Waals surface area contributed by atoms with Gasteiger partial charge in [0.05, 0.1) is 15.8 Å². The van der Waals surface area contributed by atoms with Crippen molar-refractivity contribution in [3.63, 3.8) is 0 Å². The largest absolute Gasteiger partial charge is 0.444 e. The van der Waals surface area contributed by atoms with Crippen molar-refractivity contribution in [1.82, 2.24) is 25.6 Å². The Labute approximate surface area is 309 Å². The summed E-state index contributed by atoms with van der Waals surface area (Å²) in [5.74, 6) is -0.654. The number of carbonyl (C=O) groups is 3. The zero-order valence-corrected chi connectivity index (χ0v) is 31.3. The monoisotopic (exact) mass is 744 g/mol. The van der Waals surface area contributed by atoms with E-state index in [9.17, 15) is 27.6 Å². The minimum Gasteiger partial charge on any atom is -0.444 e. The molecule has 2 saturated carbocycles. The molecule has 53 heavy (non-hydrogen) atoms. The number of hydrogen-bond donors (Lipinski definition) is 6. The molecule has 1 unspecified atom stereocenters. The molecule has 0 spiro atoms. The number of nitrogens with one attached hydrogen (secondary N) is 6. The van der Waals surface area contributed by atoms with E-state index in [0.717, 1.165) is 47.9 Å². The summed E-state index contributed by atoms with van der Waals surface area (Å²) < 4.78 is 33.5. The summed E-state index contributed by atoms with van der Waals surface area (Å²) in [5.41, 5.74) is 3.59. The van der Waals surface area contributed by atoms with E-state index in [2.05, 4.69) is 30.9 Å². The Bertz CT molecular complexity index is 2140. The summed E-state index contributed by atoms with van der Waals surface area (Å²) in [7, 11) is -3.57. The maximum atomic E-state index is 13.8. The molecule has 1 atom stereocenters. The molecule has 0 saturated heterocycles. The van der Waals surface area contributed by atoms with Gasteiger partial charge in [0.25, 0.3) is 5.56 Å². The number of aromatic amines is 2. The zero-order chi connectivity index (χ0) is 37.9. The first-order valence-electron chi connectivity index (χ1n) is 18.1. The third-order valence-corrected chi connectivity index (χ3v) is 11.3. The minimum absolute atomic E-state index is 0.0198. The highest BCUT2D eigenvalue weighted by atomic mass is 32.2. The molecule has 6 N–H and O–H groups in total. The lowest BCUT2D eigenvalue weighted by molar-refractivity contribution is -0.130. The first-order chi connectivity index (χ1) is 25.1. The summed E-state index contributed by atoms with van der Waals surface area (Å²) in [5, 5.41) is 14.5. The molecule has 1 heterocycles. The number of fused-ring (bicyclic) bond motifs is 1. The predicted octanol–water partition coefficient (Wildman–Crippen LogP) is 5.27. The Balaban J connectivity index is 1.13. The first kappa shape index (κ1) is 37.8. The number of aryl methyl sites for hydroxylation is 1. The van der Waals surface area contributed by atoms with Gasteiger partial charge in [-0.25, -0.2) is 17.9 Å². The fourth-order valence-electron chi connectivity index (χ4n) is 6.69. The van der Waals surface area contributed by atoms with Crippen LogP contribution in [0.2, 0.25) is 0 Å². The van der Waals surface area contributed by atoms with Gasteiger partial charge in [-0.05, 0) is 125 Å². The van der Waals surface area contributed by atoms with Crippen LogP contribution >= 0.6 is 0 Å². The quantitative estimate of drug-likeness (QED) is 0.114. The van der Waals surface area contributed by atoms with Crippen LogP contribution < -0.4 is 26.2 Å². The molecule has 6 rings (SSSR count). The third kappa shape index (κ3) is 9.93. The van der Waals surface area contributed by atoms with Crippen molar-refractivity contribution in [2.75, 3.05) is 11.9 Å². The molecule has 282 valence electrons. The highest BCUT2D eigenvalue weighted by Crippen LogP contribution is 2.30. The van der Waals surface area contributed by atoms with Gasteiger partial charge < -0.3 is 20.7 Å². The molecular formula is C39H48N6O7S. The van der Waals surface area contributed by atoms with E-state index < -0.39 is 33.7 Å². The van der Waals surface area contributed by atoms with E-state index in [1.807, 2.05) is 52.0 Å². The molecule has 0 bridgehead atoms. The summed E-state index contributed by atoms with van der Waals surface area (Å²) in [6.45, 7) is 7.79. The maximum absolute atomic E-state index is 13.8. The lowest BCUT2D eigenvalue weighted by Crippen LogP contribution is -2.48. The molecule has 3 amide bonds. The molecule has 0 aliphatic heterocycles. The number of hydrogen-bond acceptors (Lipinski definition) is 7. The smallest absolute Gasteiger partial charge is 0.407 e. The van der Waals surface area contributed by atoms with Gasteiger partial charge in [-0.1, -0.05) is 30.3 Å². The van der Waals surface area contributed by atoms with Crippen LogP contribution in [0.4, 0.5) is 10.5 Å². The number of amides is 3. The molecule has 2 aliphatic carbocycles. The van der Waals surface area contributed by atoms with Crippen LogP contribution in [0.1, 0.15) is 70.4 Å². The van der Waals surface area contributed by atoms with Crippen molar-refractivity contribution in [2.24, 2.45) is 11.8 Å². The van der Waals surface area contributed by atoms with Crippen LogP contribution in [0, 0.1) is 18.8 Å². The van der Waals surface area contributed by atoms with E-state index in [1.54, 1.807) is 36.4 Å². The topological polar surface area (TPSA) is 191 Å². The van der Waals surface area contributed by atoms with Gasteiger partial charge in [0.2, 0.25) is 21.8 Å². The number of rotatable bonds is 12. The highest BCUT2D eigenvalue weighted by molar-refractivity contribution is 7.89. The van der Waals surface area contributed by atoms with E-state index >= 15 is 0 Å². The third-order valence-electron chi connectivity index (χ3n) is 9.74. The average Bonchev–Trinajstić information content (AvgIpc) is 3.84. The number of carbonyl (C=O) groups excluding carboxylic acids is 3. The number of anilines is 1. The molecule has 0 radical (unpaired) electrons. The molecule has 4 aromatic rings. The SMILES string of the molecule is Cc1cc(S(=O)(=O)NC2CC2)ccc1-c1ccc(CC(NC(=O)C2CCC(CNC(=O)OC(C)(C)C)CC2)C(=O)Nc2ccc3c(=O)[nH][nH]c3c2)cc1. The van der Waals surface area contributed by atoms with Gasteiger partial charge in [-0.3, -0.25) is 24.6 Å². The second-order valence-corrected chi connectivity index (χ2v) is 17.0. The van der Waals surface area contributed by atoms with Crippen molar-refractivity contribution >= 4 is 44.5 Å². The molecule has 2 fully saturated rings. The van der Waals surface area contributed by atoms with Crippen LogP contribution in [0.25, 0.3) is 22.0 Å². The number of sulfonamides is 1. The lowest BCUT2D eigenvalue weighted by atomic mass is 9.81. The van der Waals surface area contributed by atoms with Crippen molar-refractivity contribution in [3.05, 3.63) is 82.1 Å². The number of H-pyrrole nitrogens is 2. The molecule has 1 aromatic heterocycles. The summed E-state index contributed by atoms with van der Waals surface area (Å²) >= 11 is 0. The van der Waals surface area contributed by atoms with Crippen LogP contribution in [0.3, 0.4) is 0 Å². The number of aromatic nitrogens is 2.